The summed E-state index contributed by atoms with van der Waals surface area (Å²) in [5, 5.41) is 1.20. The average Bonchev–Trinajstić information content (AvgIpc) is 2.91. The van der Waals surface area contributed by atoms with Crippen molar-refractivity contribution in [2.45, 2.75) is 24.3 Å². The van der Waals surface area contributed by atoms with E-state index >= 15 is 0 Å². The van der Waals surface area contributed by atoms with Crippen LogP contribution in [0.3, 0.4) is 0 Å². The van der Waals surface area contributed by atoms with Gasteiger partial charge < -0.3 is 4.90 Å². The van der Waals surface area contributed by atoms with E-state index in [-0.39, 0.29) is 0 Å². The van der Waals surface area contributed by atoms with Crippen molar-refractivity contribution >= 4 is 23.5 Å². The zero-order valence-electron chi connectivity index (χ0n) is 8.85. The molecule has 3 heterocycles. The van der Waals surface area contributed by atoms with Crippen molar-refractivity contribution in [3.05, 3.63) is 5.69 Å². The molecule has 1 aromatic rings. The van der Waals surface area contributed by atoms with Gasteiger partial charge in [0.1, 0.15) is 5.03 Å². The normalized spacial score (nSPS) is 33.8. The lowest BCUT2D eigenvalue weighted by molar-refractivity contribution is 0.342. The van der Waals surface area contributed by atoms with Crippen molar-refractivity contribution in [3.8, 4) is 0 Å². The zero-order valence-corrected chi connectivity index (χ0v) is 10.5. The first-order valence-corrected chi connectivity index (χ1v) is 7.27. The summed E-state index contributed by atoms with van der Waals surface area (Å²) in [6, 6.07) is 0. The maximum Gasteiger partial charge on any atom is 0.134 e. The largest absolute Gasteiger partial charge is 0.302 e. The highest BCUT2D eigenvalue weighted by Crippen LogP contribution is 2.41. The number of aromatic nitrogens is 2. The number of hydrogen-bond donors (Lipinski definition) is 0. The first-order chi connectivity index (χ1) is 7.38. The predicted molar refractivity (Wildman–Crippen MR) is 63.6 cm³/mol. The molecule has 0 aromatic carbocycles. The summed E-state index contributed by atoms with van der Waals surface area (Å²) in [5.41, 5.74) is 1.29. The van der Waals surface area contributed by atoms with E-state index in [2.05, 4.69) is 20.6 Å². The van der Waals surface area contributed by atoms with Crippen molar-refractivity contribution in [2.24, 2.45) is 5.92 Å². The van der Waals surface area contributed by atoms with Gasteiger partial charge in [-0.15, -0.1) is 11.8 Å². The van der Waals surface area contributed by atoms with Gasteiger partial charge in [0.05, 0.1) is 17.4 Å². The number of rotatable bonds is 3. The average molecular weight is 241 g/mol. The van der Waals surface area contributed by atoms with E-state index < -0.39 is 0 Å². The third kappa shape index (κ3) is 1.70. The van der Waals surface area contributed by atoms with Crippen LogP contribution in [-0.2, 0) is 0 Å². The Morgan fingerprint density at radius 2 is 2.40 bits per heavy atom. The second-order valence-electron chi connectivity index (χ2n) is 4.30. The standard InChI is InChI=1S/C10H15N3S2/c1-2-14-10-9(11-15-12-10)8-6-13-4-3-7(8)5-13/h7-8H,2-6H2,1H3/t7-,8-/m1/s1. The molecule has 3 nitrogen and oxygen atoms in total. The Morgan fingerprint density at radius 1 is 1.47 bits per heavy atom. The number of nitrogens with zero attached hydrogens (tertiary/aromatic N) is 3. The second kappa shape index (κ2) is 4.03. The number of hydrogen-bond acceptors (Lipinski definition) is 5. The summed E-state index contributed by atoms with van der Waals surface area (Å²) in [6.07, 6.45) is 1.36. The highest BCUT2D eigenvalue weighted by molar-refractivity contribution is 7.99. The molecule has 15 heavy (non-hydrogen) atoms. The minimum absolute atomic E-state index is 0.673. The van der Waals surface area contributed by atoms with Gasteiger partial charge in [0.25, 0.3) is 0 Å². The van der Waals surface area contributed by atoms with E-state index in [0.717, 1.165) is 11.7 Å². The topological polar surface area (TPSA) is 29.0 Å². The third-order valence-electron chi connectivity index (χ3n) is 3.45. The van der Waals surface area contributed by atoms with Gasteiger partial charge in [0.2, 0.25) is 0 Å². The molecule has 0 spiro atoms. The van der Waals surface area contributed by atoms with Gasteiger partial charge in [-0.1, -0.05) is 6.92 Å². The molecule has 5 heteroatoms. The molecule has 0 N–H and O–H groups in total. The van der Waals surface area contributed by atoms with Gasteiger partial charge >= 0.3 is 0 Å². The quantitative estimate of drug-likeness (QED) is 0.758. The van der Waals surface area contributed by atoms with Gasteiger partial charge in [0.15, 0.2) is 0 Å². The summed E-state index contributed by atoms with van der Waals surface area (Å²) in [5.74, 6) is 2.62. The fourth-order valence-corrected chi connectivity index (χ4v) is 4.25. The first kappa shape index (κ1) is 10.1. The highest BCUT2D eigenvalue weighted by Gasteiger charge is 2.41. The molecule has 82 valence electrons. The van der Waals surface area contributed by atoms with Crippen molar-refractivity contribution in [1.29, 1.82) is 0 Å². The van der Waals surface area contributed by atoms with E-state index in [1.165, 1.54) is 48.5 Å². The van der Waals surface area contributed by atoms with Gasteiger partial charge in [-0.05, 0) is 24.6 Å². The Morgan fingerprint density at radius 3 is 3.07 bits per heavy atom. The fourth-order valence-electron chi connectivity index (χ4n) is 2.74. The van der Waals surface area contributed by atoms with E-state index in [0.29, 0.717) is 5.92 Å². The van der Waals surface area contributed by atoms with Crippen LogP contribution in [0.2, 0.25) is 0 Å². The molecule has 2 fully saturated rings. The Kier molecular flexibility index (Phi) is 2.70. The van der Waals surface area contributed by atoms with Crippen LogP contribution in [0.25, 0.3) is 0 Å². The van der Waals surface area contributed by atoms with E-state index in [4.69, 9.17) is 0 Å². The molecule has 2 bridgehead atoms. The minimum Gasteiger partial charge on any atom is -0.302 e. The fraction of sp³-hybridized carbons (Fsp3) is 0.800. The lowest BCUT2D eigenvalue weighted by Gasteiger charge is -2.20. The van der Waals surface area contributed by atoms with E-state index in [1.807, 2.05) is 11.8 Å². The molecule has 2 saturated heterocycles. The van der Waals surface area contributed by atoms with Crippen LogP contribution in [0.15, 0.2) is 5.03 Å². The molecule has 0 amide bonds. The van der Waals surface area contributed by atoms with Crippen LogP contribution >= 0.6 is 23.5 Å². The predicted octanol–water partition coefficient (Wildman–Crippen LogP) is 2.07. The number of piperidine rings is 1. The summed E-state index contributed by atoms with van der Waals surface area (Å²) < 4.78 is 8.93. The number of fused-ring (bicyclic) bond motifs is 2. The Bertz CT molecular complexity index is 352. The van der Waals surface area contributed by atoms with Crippen molar-refractivity contribution in [2.75, 3.05) is 25.4 Å². The molecule has 0 aliphatic carbocycles. The van der Waals surface area contributed by atoms with Gasteiger partial charge in [-0.2, -0.15) is 8.75 Å². The summed E-state index contributed by atoms with van der Waals surface area (Å²) >= 11 is 3.22. The summed E-state index contributed by atoms with van der Waals surface area (Å²) in [7, 11) is 0. The van der Waals surface area contributed by atoms with Crippen LogP contribution in [0.5, 0.6) is 0 Å². The molecule has 1 unspecified atom stereocenters. The molecule has 2 aliphatic heterocycles. The SMILES string of the molecule is CCSc1nsnc1[C@@H]1CN2CC[C@@H]1C2. The lowest BCUT2D eigenvalue weighted by Crippen LogP contribution is -2.22. The third-order valence-corrected chi connectivity index (χ3v) is 4.97. The van der Waals surface area contributed by atoms with Crippen molar-refractivity contribution in [1.82, 2.24) is 13.6 Å². The molecule has 0 saturated carbocycles. The molecule has 0 radical (unpaired) electrons. The molecular weight excluding hydrogens is 226 g/mol. The molecule has 1 aromatic heterocycles. The van der Waals surface area contributed by atoms with E-state index in [9.17, 15) is 0 Å². The monoisotopic (exact) mass is 241 g/mol. The Labute approximate surface area is 98.6 Å². The van der Waals surface area contributed by atoms with Crippen molar-refractivity contribution < 1.29 is 0 Å². The Hall–Kier alpha value is -0.130. The summed E-state index contributed by atoms with van der Waals surface area (Å²) in [6.45, 7) is 5.98. The molecular formula is C10H15N3S2. The minimum atomic E-state index is 0.673. The van der Waals surface area contributed by atoms with Crippen molar-refractivity contribution in [3.63, 3.8) is 0 Å². The van der Waals surface area contributed by atoms with Gasteiger partial charge in [-0.25, -0.2) is 0 Å². The van der Waals surface area contributed by atoms with Crippen LogP contribution < -0.4 is 0 Å². The van der Waals surface area contributed by atoms with Gasteiger partial charge in [-0.3, -0.25) is 0 Å². The zero-order chi connectivity index (χ0) is 10.3. The maximum atomic E-state index is 4.52. The first-order valence-electron chi connectivity index (χ1n) is 5.56. The van der Waals surface area contributed by atoms with Gasteiger partial charge in [0, 0.05) is 19.0 Å². The lowest BCUT2D eigenvalue weighted by atomic mass is 9.90. The maximum absolute atomic E-state index is 4.52. The highest BCUT2D eigenvalue weighted by atomic mass is 32.2. The second-order valence-corrected chi connectivity index (χ2v) is 6.08. The Balaban J connectivity index is 1.83. The summed E-state index contributed by atoms with van der Waals surface area (Å²) in [4.78, 5) is 2.56. The molecule has 2 aliphatic rings. The van der Waals surface area contributed by atoms with Crippen LogP contribution in [0.4, 0.5) is 0 Å². The number of thioether (sulfide) groups is 1. The van der Waals surface area contributed by atoms with Crippen LogP contribution in [0, 0.1) is 5.92 Å². The van der Waals surface area contributed by atoms with E-state index in [1.54, 1.807) is 0 Å². The molecule has 3 rings (SSSR count). The van der Waals surface area contributed by atoms with Crippen LogP contribution in [-0.4, -0.2) is 39.0 Å². The smallest absolute Gasteiger partial charge is 0.134 e. The molecule has 3 atom stereocenters. The van der Waals surface area contributed by atoms with Crippen LogP contribution in [0.1, 0.15) is 25.0 Å².